The Bertz CT molecular complexity index is 663. The van der Waals surface area contributed by atoms with Gasteiger partial charge in [0.25, 0.3) is 0 Å². The van der Waals surface area contributed by atoms with Gasteiger partial charge in [0, 0.05) is 24.4 Å². The van der Waals surface area contributed by atoms with Crippen molar-refractivity contribution >= 4 is 21.4 Å². The zero-order chi connectivity index (χ0) is 14.6. The van der Waals surface area contributed by atoms with Crippen LogP contribution in [0.5, 0.6) is 0 Å². The van der Waals surface area contributed by atoms with Crippen LogP contribution in [0.1, 0.15) is 16.6 Å². The van der Waals surface area contributed by atoms with Gasteiger partial charge in [-0.3, -0.25) is 0 Å². The lowest BCUT2D eigenvalue weighted by atomic mass is 10.4. The molecule has 0 bridgehead atoms. The molecule has 2 aromatic rings. The minimum atomic E-state index is -3.47. The zero-order valence-corrected chi connectivity index (χ0v) is 12.8. The molecule has 0 aromatic carbocycles. The summed E-state index contributed by atoms with van der Waals surface area (Å²) in [6.07, 6.45) is 0.370. The van der Waals surface area contributed by atoms with Gasteiger partial charge in [-0.1, -0.05) is 5.16 Å². The molecule has 0 fully saturated rings. The normalized spacial score (nSPS) is 11.9. The highest BCUT2D eigenvalue weighted by atomic mass is 32.2. The summed E-state index contributed by atoms with van der Waals surface area (Å²) in [5.74, 6) is 0.963. The second-order valence-electron chi connectivity index (χ2n) is 4.13. The van der Waals surface area contributed by atoms with Gasteiger partial charge >= 0.3 is 0 Å². The maximum Gasteiger partial charge on any atom is 0.250 e. The standard InChI is InChI=1S/C11H16N4O3S2/c1-8-14-10(18-15-8)5-6-13-20(16,17)11-4-3-9(19-11)7-12-2/h3-4,12-13H,5-7H2,1-2H3. The lowest BCUT2D eigenvalue weighted by Gasteiger charge is -2.02. The summed E-state index contributed by atoms with van der Waals surface area (Å²) in [6, 6.07) is 3.41. The Kier molecular flexibility index (Phi) is 4.86. The molecule has 0 spiro atoms. The lowest BCUT2D eigenvalue weighted by Crippen LogP contribution is -2.25. The van der Waals surface area contributed by atoms with Crippen molar-refractivity contribution in [3.05, 3.63) is 28.7 Å². The molecule has 20 heavy (non-hydrogen) atoms. The van der Waals surface area contributed by atoms with E-state index >= 15 is 0 Å². The Balaban J connectivity index is 1.92. The fourth-order valence-electron chi connectivity index (χ4n) is 1.58. The molecule has 9 heteroatoms. The minimum Gasteiger partial charge on any atom is -0.339 e. The van der Waals surface area contributed by atoms with Crippen LogP contribution in [0.4, 0.5) is 0 Å². The SMILES string of the molecule is CNCc1ccc(S(=O)(=O)NCCc2nc(C)no2)s1. The largest absolute Gasteiger partial charge is 0.339 e. The summed E-state index contributed by atoms with van der Waals surface area (Å²) in [5, 5.41) is 6.63. The van der Waals surface area contributed by atoms with Crippen LogP contribution >= 0.6 is 11.3 Å². The Morgan fingerprint density at radius 1 is 1.40 bits per heavy atom. The number of hydrogen-bond donors (Lipinski definition) is 2. The van der Waals surface area contributed by atoms with Gasteiger partial charge in [-0.2, -0.15) is 4.98 Å². The van der Waals surface area contributed by atoms with Gasteiger partial charge in [0.15, 0.2) is 5.82 Å². The average molecular weight is 316 g/mol. The molecule has 2 rings (SSSR count). The zero-order valence-electron chi connectivity index (χ0n) is 11.2. The first-order valence-corrected chi connectivity index (χ1v) is 8.33. The molecule has 2 heterocycles. The van der Waals surface area contributed by atoms with Gasteiger partial charge < -0.3 is 9.84 Å². The van der Waals surface area contributed by atoms with Crippen molar-refractivity contribution in [1.82, 2.24) is 20.2 Å². The molecular weight excluding hydrogens is 300 g/mol. The van der Waals surface area contributed by atoms with Gasteiger partial charge in [0.05, 0.1) is 0 Å². The Labute approximate surface area is 121 Å². The van der Waals surface area contributed by atoms with Crippen molar-refractivity contribution in [3.8, 4) is 0 Å². The van der Waals surface area contributed by atoms with Crippen LogP contribution in [0, 0.1) is 6.92 Å². The quantitative estimate of drug-likeness (QED) is 0.779. The highest BCUT2D eigenvalue weighted by Gasteiger charge is 2.16. The Hall–Kier alpha value is -1.29. The van der Waals surface area contributed by atoms with E-state index in [-0.39, 0.29) is 6.54 Å². The van der Waals surface area contributed by atoms with Crippen LogP contribution in [0.2, 0.25) is 0 Å². The van der Waals surface area contributed by atoms with Crippen molar-refractivity contribution in [2.45, 2.75) is 24.1 Å². The lowest BCUT2D eigenvalue weighted by molar-refractivity contribution is 0.375. The number of nitrogens with one attached hydrogen (secondary N) is 2. The average Bonchev–Trinajstić information content (AvgIpc) is 2.99. The Morgan fingerprint density at radius 3 is 2.85 bits per heavy atom. The molecule has 0 unspecified atom stereocenters. The van der Waals surface area contributed by atoms with Gasteiger partial charge in [0.1, 0.15) is 4.21 Å². The number of sulfonamides is 1. The molecule has 0 aliphatic rings. The van der Waals surface area contributed by atoms with Gasteiger partial charge in [-0.15, -0.1) is 11.3 Å². The molecule has 0 amide bonds. The molecule has 0 aliphatic heterocycles. The molecule has 2 N–H and O–H groups in total. The van der Waals surface area contributed by atoms with Crippen LogP contribution in [0.15, 0.2) is 20.9 Å². The third-order valence-corrected chi connectivity index (χ3v) is 5.49. The highest BCUT2D eigenvalue weighted by Crippen LogP contribution is 2.21. The molecule has 0 atom stereocenters. The molecular formula is C11H16N4O3S2. The summed E-state index contributed by atoms with van der Waals surface area (Å²) in [6.45, 7) is 2.59. The van der Waals surface area contributed by atoms with Crippen LogP contribution in [-0.4, -0.2) is 32.2 Å². The molecule has 0 saturated carbocycles. The van der Waals surface area contributed by atoms with E-state index in [1.807, 2.05) is 7.05 Å². The smallest absolute Gasteiger partial charge is 0.250 e. The molecule has 7 nitrogen and oxygen atoms in total. The predicted octanol–water partition coefficient (Wildman–Crippen LogP) is 0.680. The third kappa shape index (κ3) is 3.85. The monoisotopic (exact) mass is 316 g/mol. The topological polar surface area (TPSA) is 97.1 Å². The predicted molar refractivity (Wildman–Crippen MR) is 75.0 cm³/mol. The number of aryl methyl sites for hydroxylation is 1. The summed E-state index contributed by atoms with van der Waals surface area (Å²) in [4.78, 5) is 4.99. The van der Waals surface area contributed by atoms with E-state index in [4.69, 9.17) is 4.52 Å². The van der Waals surface area contributed by atoms with E-state index in [1.165, 1.54) is 11.3 Å². The van der Waals surface area contributed by atoms with Crippen molar-refractivity contribution in [2.75, 3.05) is 13.6 Å². The number of nitrogens with zero attached hydrogens (tertiary/aromatic N) is 2. The number of thiophene rings is 1. The van der Waals surface area contributed by atoms with E-state index in [0.29, 0.717) is 28.9 Å². The van der Waals surface area contributed by atoms with Crippen LogP contribution in [0.3, 0.4) is 0 Å². The van der Waals surface area contributed by atoms with Crippen LogP contribution in [-0.2, 0) is 23.0 Å². The second-order valence-corrected chi connectivity index (χ2v) is 7.30. The van der Waals surface area contributed by atoms with Gasteiger partial charge in [-0.25, -0.2) is 13.1 Å². The molecule has 110 valence electrons. The Morgan fingerprint density at radius 2 is 2.20 bits per heavy atom. The third-order valence-electron chi connectivity index (χ3n) is 2.45. The van der Waals surface area contributed by atoms with Crippen LogP contribution in [0.25, 0.3) is 0 Å². The van der Waals surface area contributed by atoms with Crippen molar-refractivity contribution in [2.24, 2.45) is 0 Å². The fraction of sp³-hybridized carbons (Fsp3) is 0.455. The first-order valence-electron chi connectivity index (χ1n) is 6.03. The number of aromatic nitrogens is 2. The van der Waals surface area contributed by atoms with Gasteiger partial charge in [0.2, 0.25) is 15.9 Å². The number of hydrogen-bond acceptors (Lipinski definition) is 7. The maximum atomic E-state index is 12.1. The van der Waals surface area contributed by atoms with Gasteiger partial charge in [-0.05, 0) is 26.1 Å². The fourth-order valence-corrected chi connectivity index (χ4v) is 4.02. The summed E-state index contributed by atoms with van der Waals surface area (Å²) < 4.78 is 31.9. The molecule has 0 aliphatic carbocycles. The minimum absolute atomic E-state index is 0.225. The van der Waals surface area contributed by atoms with E-state index in [1.54, 1.807) is 19.1 Å². The van der Waals surface area contributed by atoms with E-state index < -0.39 is 10.0 Å². The number of rotatable bonds is 7. The van der Waals surface area contributed by atoms with E-state index in [2.05, 4.69) is 20.2 Å². The maximum absolute atomic E-state index is 12.1. The summed E-state index contributed by atoms with van der Waals surface area (Å²) in [7, 11) is -1.65. The van der Waals surface area contributed by atoms with Crippen molar-refractivity contribution in [3.63, 3.8) is 0 Å². The summed E-state index contributed by atoms with van der Waals surface area (Å²) >= 11 is 1.25. The van der Waals surface area contributed by atoms with E-state index in [0.717, 1.165) is 4.88 Å². The molecule has 2 aromatic heterocycles. The van der Waals surface area contributed by atoms with E-state index in [9.17, 15) is 8.42 Å². The van der Waals surface area contributed by atoms with Crippen molar-refractivity contribution in [1.29, 1.82) is 0 Å². The second kappa shape index (κ2) is 6.44. The molecule has 0 radical (unpaired) electrons. The summed E-state index contributed by atoms with van der Waals surface area (Å²) in [5.41, 5.74) is 0. The first kappa shape index (κ1) is 15.1. The van der Waals surface area contributed by atoms with Crippen LogP contribution < -0.4 is 10.0 Å². The van der Waals surface area contributed by atoms with Crippen molar-refractivity contribution < 1.29 is 12.9 Å². The molecule has 0 saturated heterocycles. The highest BCUT2D eigenvalue weighted by molar-refractivity contribution is 7.91. The first-order chi connectivity index (χ1) is 9.51.